The molecule has 2 aromatic rings. The maximum Gasteiger partial charge on any atom is 0.161 e. The van der Waals surface area contributed by atoms with Gasteiger partial charge < -0.3 is 9.47 Å². The third-order valence-corrected chi connectivity index (χ3v) is 5.50. The molecular weight excluding hydrogens is 363 g/mol. The first-order chi connectivity index (χ1) is 11.8. The second-order valence-electron chi connectivity index (χ2n) is 6.43. The highest BCUT2D eigenvalue weighted by atomic mass is 35.5. The van der Waals surface area contributed by atoms with Gasteiger partial charge in [0.1, 0.15) is 24.7 Å². The van der Waals surface area contributed by atoms with Gasteiger partial charge in [-0.2, -0.15) is 0 Å². The van der Waals surface area contributed by atoms with Crippen molar-refractivity contribution < 1.29 is 19.1 Å². The number of rotatable bonds is 2. The molecule has 4 nitrogen and oxygen atoms in total. The second-order valence-corrected chi connectivity index (χ2v) is 7.24. The molecule has 128 valence electrons. The van der Waals surface area contributed by atoms with Gasteiger partial charge in [-0.3, -0.25) is 9.59 Å². The summed E-state index contributed by atoms with van der Waals surface area (Å²) < 4.78 is 11.7. The van der Waals surface area contributed by atoms with E-state index in [-0.39, 0.29) is 11.6 Å². The van der Waals surface area contributed by atoms with Gasteiger partial charge in [0.25, 0.3) is 0 Å². The molecular formula is C19H14Cl2O4. The van der Waals surface area contributed by atoms with Crippen LogP contribution in [0.2, 0.25) is 10.0 Å². The van der Waals surface area contributed by atoms with Crippen molar-refractivity contribution >= 4 is 34.8 Å². The number of hydrogen-bond acceptors (Lipinski definition) is 4. The first kappa shape index (κ1) is 16.4. The largest absolute Gasteiger partial charge is 0.492 e. The van der Waals surface area contributed by atoms with Crippen LogP contribution in [0.4, 0.5) is 0 Å². The van der Waals surface area contributed by atoms with Crippen molar-refractivity contribution in [1.82, 2.24) is 0 Å². The fourth-order valence-electron chi connectivity index (χ4n) is 3.53. The highest BCUT2D eigenvalue weighted by Gasteiger charge is 2.49. The molecule has 0 unspecified atom stereocenters. The molecule has 0 atom stereocenters. The summed E-state index contributed by atoms with van der Waals surface area (Å²) in [7, 11) is 0. The Labute approximate surface area is 154 Å². The summed E-state index contributed by atoms with van der Waals surface area (Å²) in [5, 5.41) is 0.770. The van der Waals surface area contributed by atoms with Gasteiger partial charge in [-0.05, 0) is 38.1 Å². The SMILES string of the molecule is CC(=O)c1cc2c(cc1Cl)C1(CO2)COc2cc(C(C)=O)c(Cl)cc21. The van der Waals surface area contributed by atoms with E-state index in [4.69, 9.17) is 32.7 Å². The highest BCUT2D eigenvalue weighted by molar-refractivity contribution is 6.34. The van der Waals surface area contributed by atoms with E-state index in [1.54, 1.807) is 24.3 Å². The van der Waals surface area contributed by atoms with Crippen molar-refractivity contribution in [2.45, 2.75) is 19.3 Å². The van der Waals surface area contributed by atoms with E-state index in [9.17, 15) is 9.59 Å². The van der Waals surface area contributed by atoms with Crippen molar-refractivity contribution in [2.24, 2.45) is 0 Å². The first-order valence-electron chi connectivity index (χ1n) is 7.79. The van der Waals surface area contributed by atoms with Crippen LogP contribution in [0, 0.1) is 0 Å². The number of halogens is 2. The molecule has 4 rings (SSSR count). The van der Waals surface area contributed by atoms with E-state index >= 15 is 0 Å². The average Bonchev–Trinajstić information content (AvgIpc) is 3.08. The number of fused-ring (bicyclic) bond motifs is 4. The van der Waals surface area contributed by atoms with Crippen molar-refractivity contribution in [1.29, 1.82) is 0 Å². The zero-order chi connectivity index (χ0) is 17.9. The lowest BCUT2D eigenvalue weighted by molar-refractivity contribution is 0.100. The lowest BCUT2D eigenvalue weighted by atomic mass is 9.77. The third-order valence-electron chi connectivity index (χ3n) is 4.88. The van der Waals surface area contributed by atoms with E-state index in [1.807, 2.05) is 0 Å². The Morgan fingerprint density at radius 2 is 1.24 bits per heavy atom. The van der Waals surface area contributed by atoms with Crippen LogP contribution in [0.5, 0.6) is 11.5 Å². The molecule has 0 fully saturated rings. The van der Waals surface area contributed by atoms with E-state index in [0.29, 0.717) is 45.9 Å². The minimum Gasteiger partial charge on any atom is -0.492 e. The fraction of sp³-hybridized carbons (Fsp3) is 0.263. The molecule has 6 heteroatoms. The van der Waals surface area contributed by atoms with Crippen LogP contribution in [-0.2, 0) is 5.41 Å². The summed E-state index contributed by atoms with van der Waals surface area (Å²) in [5.41, 5.74) is 2.06. The zero-order valence-electron chi connectivity index (χ0n) is 13.6. The predicted octanol–water partition coefficient (Wildman–Crippen LogP) is 4.47. The molecule has 0 saturated heterocycles. The lowest BCUT2D eigenvalue weighted by Crippen LogP contribution is -2.31. The van der Waals surface area contributed by atoms with Gasteiger partial charge in [0.05, 0.1) is 15.5 Å². The molecule has 0 bridgehead atoms. The summed E-state index contributed by atoms with van der Waals surface area (Å²) in [6.07, 6.45) is 0. The van der Waals surface area contributed by atoms with Crippen LogP contribution in [-0.4, -0.2) is 24.8 Å². The van der Waals surface area contributed by atoms with Crippen LogP contribution in [0.25, 0.3) is 0 Å². The van der Waals surface area contributed by atoms with Crippen LogP contribution in [0.15, 0.2) is 24.3 Å². The Balaban J connectivity index is 1.90. The van der Waals surface area contributed by atoms with Crippen LogP contribution >= 0.6 is 23.2 Å². The monoisotopic (exact) mass is 376 g/mol. The predicted molar refractivity (Wildman–Crippen MR) is 94.7 cm³/mol. The van der Waals surface area contributed by atoms with Crippen molar-refractivity contribution in [3.05, 3.63) is 56.6 Å². The fourth-order valence-corrected chi connectivity index (χ4v) is 4.13. The van der Waals surface area contributed by atoms with Gasteiger partial charge in [0.15, 0.2) is 11.6 Å². The summed E-state index contributed by atoms with van der Waals surface area (Å²) in [4.78, 5) is 23.4. The summed E-state index contributed by atoms with van der Waals surface area (Å²) in [6.45, 7) is 3.66. The maximum absolute atomic E-state index is 11.7. The molecule has 0 N–H and O–H groups in total. The van der Waals surface area contributed by atoms with Crippen molar-refractivity contribution in [2.75, 3.05) is 13.2 Å². The molecule has 2 aromatic carbocycles. The molecule has 2 heterocycles. The van der Waals surface area contributed by atoms with Crippen LogP contribution < -0.4 is 9.47 Å². The zero-order valence-corrected chi connectivity index (χ0v) is 15.1. The quantitative estimate of drug-likeness (QED) is 0.725. The number of carbonyl (C=O) groups is 2. The molecule has 1 spiro atoms. The molecule has 0 radical (unpaired) electrons. The summed E-state index contributed by atoms with van der Waals surface area (Å²) in [5.74, 6) is 1.01. The van der Waals surface area contributed by atoms with Gasteiger partial charge in [-0.15, -0.1) is 0 Å². The van der Waals surface area contributed by atoms with Crippen molar-refractivity contribution in [3.63, 3.8) is 0 Å². The Bertz CT molecular complexity index is 871. The second kappa shape index (κ2) is 5.48. The Morgan fingerprint density at radius 3 is 1.60 bits per heavy atom. The van der Waals surface area contributed by atoms with E-state index in [0.717, 1.165) is 11.1 Å². The Kier molecular flexibility index (Phi) is 3.60. The topological polar surface area (TPSA) is 52.6 Å². The van der Waals surface area contributed by atoms with Crippen LogP contribution in [0.1, 0.15) is 45.7 Å². The summed E-state index contributed by atoms with van der Waals surface area (Å²) in [6, 6.07) is 6.90. The van der Waals surface area contributed by atoms with Gasteiger partial charge in [-0.25, -0.2) is 0 Å². The molecule has 0 amide bonds. The molecule has 2 aliphatic heterocycles. The minimum absolute atomic E-state index is 0.116. The molecule has 0 aromatic heterocycles. The maximum atomic E-state index is 11.7. The van der Waals surface area contributed by atoms with Crippen molar-refractivity contribution in [3.8, 4) is 11.5 Å². The van der Waals surface area contributed by atoms with E-state index < -0.39 is 5.41 Å². The molecule has 0 aliphatic carbocycles. The molecule has 2 aliphatic rings. The van der Waals surface area contributed by atoms with Crippen LogP contribution in [0.3, 0.4) is 0 Å². The van der Waals surface area contributed by atoms with Gasteiger partial charge in [0, 0.05) is 22.3 Å². The summed E-state index contributed by atoms with van der Waals surface area (Å²) >= 11 is 12.6. The first-order valence-corrected chi connectivity index (χ1v) is 8.54. The Morgan fingerprint density at radius 1 is 0.840 bits per heavy atom. The normalized spacial score (nSPS) is 16.2. The Hall–Kier alpha value is -2.04. The number of Topliss-reactive ketones (excluding diaryl/α,β-unsaturated/α-hetero) is 2. The van der Waals surface area contributed by atoms with Gasteiger partial charge >= 0.3 is 0 Å². The third kappa shape index (κ3) is 2.28. The molecule has 25 heavy (non-hydrogen) atoms. The smallest absolute Gasteiger partial charge is 0.161 e. The highest BCUT2D eigenvalue weighted by Crippen LogP contribution is 2.52. The number of ketones is 2. The van der Waals surface area contributed by atoms with Gasteiger partial charge in [0.2, 0.25) is 0 Å². The number of hydrogen-bond donors (Lipinski definition) is 0. The number of benzene rings is 2. The van der Waals surface area contributed by atoms with Gasteiger partial charge in [-0.1, -0.05) is 23.2 Å². The van der Waals surface area contributed by atoms with E-state index in [2.05, 4.69) is 0 Å². The standard InChI is InChI=1S/C19H14Cl2O4/c1-9(22)11-3-17-13(5-15(11)20)19(7-24-17)8-25-18-4-12(10(2)23)16(21)6-14(18)19/h3-6H,7-8H2,1-2H3. The minimum atomic E-state index is -0.539. The number of carbonyl (C=O) groups excluding carboxylic acids is 2. The average molecular weight is 377 g/mol. The lowest BCUT2D eigenvalue weighted by Gasteiger charge is -2.21. The number of ether oxygens (including phenoxy) is 2. The van der Waals surface area contributed by atoms with E-state index in [1.165, 1.54) is 13.8 Å². The molecule has 0 saturated carbocycles.